The van der Waals surface area contributed by atoms with Gasteiger partial charge in [0.15, 0.2) is 0 Å². The molecule has 1 unspecified atom stereocenters. The summed E-state index contributed by atoms with van der Waals surface area (Å²) in [6.45, 7) is 4.39. The highest BCUT2D eigenvalue weighted by Crippen LogP contribution is 2.18. The molecule has 0 saturated carbocycles. The van der Waals surface area contributed by atoms with Crippen LogP contribution in [0, 0.1) is 0 Å². The van der Waals surface area contributed by atoms with Crippen LogP contribution in [0.15, 0.2) is 0 Å². The van der Waals surface area contributed by atoms with E-state index in [2.05, 4.69) is 10.6 Å². The number of cyclic esters (lactones) is 1. The molecule has 13 heavy (non-hydrogen) atoms. The van der Waals surface area contributed by atoms with Crippen molar-refractivity contribution >= 4 is 12.0 Å². The molecule has 1 aliphatic rings. The van der Waals surface area contributed by atoms with Crippen molar-refractivity contribution in [1.29, 1.82) is 0 Å². The van der Waals surface area contributed by atoms with Crippen LogP contribution in [0.4, 0.5) is 4.79 Å². The van der Waals surface area contributed by atoms with E-state index in [0.717, 1.165) is 0 Å². The minimum absolute atomic E-state index is 0.330. The maximum atomic E-state index is 11.2. The second-order valence-corrected chi connectivity index (χ2v) is 3.20. The van der Waals surface area contributed by atoms with E-state index >= 15 is 0 Å². The Morgan fingerprint density at radius 2 is 2.38 bits per heavy atom. The van der Waals surface area contributed by atoms with Crippen LogP contribution in [0.3, 0.4) is 0 Å². The van der Waals surface area contributed by atoms with Crippen molar-refractivity contribution in [2.45, 2.75) is 25.8 Å². The van der Waals surface area contributed by atoms with Crippen LogP contribution in [0.2, 0.25) is 0 Å². The number of hydrogen-bond donors (Lipinski definition) is 2. The quantitative estimate of drug-likeness (QED) is 0.597. The standard InChI is InChI=1S/C8H14N2O3/c1-3-9-7(12)10-8(2)4-5-13-6(8)11/h3-5H2,1-2H3,(H2,9,10,12). The molecular formula is C8H14N2O3. The summed E-state index contributed by atoms with van der Waals surface area (Å²) in [4.78, 5) is 22.3. The largest absolute Gasteiger partial charge is 0.464 e. The van der Waals surface area contributed by atoms with E-state index in [1.165, 1.54) is 0 Å². The molecule has 1 heterocycles. The third kappa shape index (κ3) is 2.11. The summed E-state index contributed by atoms with van der Waals surface area (Å²) in [5.41, 5.74) is -0.848. The molecule has 0 aromatic heterocycles. The fourth-order valence-corrected chi connectivity index (χ4v) is 1.18. The SMILES string of the molecule is CCNC(=O)NC1(C)CCOC1=O. The first-order valence-corrected chi connectivity index (χ1v) is 4.32. The van der Waals surface area contributed by atoms with Crippen molar-refractivity contribution in [3.05, 3.63) is 0 Å². The zero-order chi connectivity index (χ0) is 9.90. The number of nitrogens with one attached hydrogen (secondary N) is 2. The van der Waals surface area contributed by atoms with Gasteiger partial charge < -0.3 is 15.4 Å². The van der Waals surface area contributed by atoms with Crippen molar-refractivity contribution in [2.75, 3.05) is 13.2 Å². The van der Waals surface area contributed by atoms with Crippen LogP contribution in [-0.4, -0.2) is 30.7 Å². The van der Waals surface area contributed by atoms with Crippen molar-refractivity contribution in [3.63, 3.8) is 0 Å². The zero-order valence-corrected chi connectivity index (χ0v) is 7.85. The van der Waals surface area contributed by atoms with Crippen LogP contribution in [0.1, 0.15) is 20.3 Å². The highest BCUT2D eigenvalue weighted by atomic mass is 16.5. The van der Waals surface area contributed by atoms with Crippen molar-refractivity contribution in [3.8, 4) is 0 Å². The lowest BCUT2D eigenvalue weighted by Gasteiger charge is -2.20. The van der Waals surface area contributed by atoms with Gasteiger partial charge in [0.2, 0.25) is 0 Å². The van der Waals surface area contributed by atoms with Crippen LogP contribution >= 0.6 is 0 Å². The number of amides is 2. The molecular weight excluding hydrogens is 172 g/mol. The molecule has 1 saturated heterocycles. The Morgan fingerprint density at radius 1 is 1.69 bits per heavy atom. The Morgan fingerprint density at radius 3 is 2.85 bits per heavy atom. The van der Waals surface area contributed by atoms with Crippen molar-refractivity contribution < 1.29 is 14.3 Å². The van der Waals surface area contributed by atoms with E-state index in [-0.39, 0.29) is 12.0 Å². The molecule has 0 radical (unpaired) electrons. The smallest absolute Gasteiger partial charge is 0.331 e. The summed E-state index contributed by atoms with van der Waals surface area (Å²) in [6.07, 6.45) is 0.531. The highest BCUT2D eigenvalue weighted by molar-refractivity contribution is 5.88. The van der Waals surface area contributed by atoms with E-state index in [4.69, 9.17) is 4.74 Å². The number of carbonyl (C=O) groups is 2. The Labute approximate surface area is 76.8 Å². The van der Waals surface area contributed by atoms with Crippen molar-refractivity contribution in [2.24, 2.45) is 0 Å². The number of hydrogen-bond acceptors (Lipinski definition) is 3. The average molecular weight is 186 g/mol. The molecule has 5 nitrogen and oxygen atoms in total. The van der Waals surface area contributed by atoms with Crippen LogP contribution in [-0.2, 0) is 9.53 Å². The van der Waals surface area contributed by atoms with Crippen LogP contribution in [0.5, 0.6) is 0 Å². The number of urea groups is 1. The van der Waals surface area contributed by atoms with Gasteiger partial charge in [0.05, 0.1) is 6.61 Å². The molecule has 2 N–H and O–H groups in total. The molecule has 74 valence electrons. The molecule has 1 aliphatic heterocycles. The first kappa shape index (κ1) is 9.83. The molecule has 0 aromatic rings. The average Bonchev–Trinajstić information content (AvgIpc) is 2.32. The van der Waals surface area contributed by atoms with E-state index < -0.39 is 5.54 Å². The number of rotatable bonds is 2. The fourth-order valence-electron chi connectivity index (χ4n) is 1.18. The van der Waals surface area contributed by atoms with Gasteiger partial charge >= 0.3 is 12.0 Å². The summed E-state index contributed by atoms with van der Waals surface area (Å²) in [7, 11) is 0. The van der Waals surface area contributed by atoms with Gasteiger partial charge in [-0.25, -0.2) is 9.59 Å². The van der Waals surface area contributed by atoms with Crippen molar-refractivity contribution in [1.82, 2.24) is 10.6 Å². The van der Waals surface area contributed by atoms with Gasteiger partial charge in [0.25, 0.3) is 0 Å². The zero-order valence-electron chi connectivity index (χ0n) is 7.85. The second-order valence-electron chi connectivity index (χ2n) is 3.20. The molecule has 1 rings (SSSR count). The van der Waals surface area contributed by atoms with Crippen LogP contribution < -0.4 is 10.6 Å². The maximum Gasteiger partial charge on any atom is 0.331 e. The van der Waals surface area contributed by atoms with Gasteiger partial charge in [-0.1, -0.05) is 0 Å². The summed E-state index contributed by atoms with van der Waals surface area (Å²) in [5.74, 6) is -0.362. The molecule has 0 aliphatic carbocycles. The molecule has 2 amide bonds. The Bertz CT molecular complexity index is 229. The summed E-state index contributed by atoms with van der Waals surface area (Å²) >= 11 is 0. The van der Waals surface area contributed by atoms with E-state index in [1.807, 2.05) is 6.92 Å². The van der Waals surface area contributed by atoms with Crippen LogP contribution in [0.25, 0.3) is 0 Å². The lowest BCUT2D eigenvalue weighted by atomic mass is 10.0. The van der Waals surface area contributed by atoms with E-state index in [0.29, 0.717) is 19.6 Å². The third-order valence-corrected chi connectivity index (χ3v) is 2.01. The van der Waals surface area contributed by atoms with E-state index in [9.17, 15) is 9.59 Å². The van der Waals surface area contributed by atoms with Gasteiger partial charge in [0, 0.05) is 13.0 Å². The normalized spacial score (nSPS) is 26.8. The number of esters is 1. The molecule has 1 fully saturated rings. The topological polar surface area (TPSA) is 67.4 Å². The Balaban J connectivity index is 2.51. The first-order chi connectivity index (χ1) is 6.08. The number of ether oxygens (including phenoxy) is 1. The van der Waals surface area contributed by atoms with Gasteiger partial charge in [-0.15, -0.1) is 0 Å². The predicted octanol–water partition coefficient (Wildman–Crippen LogP) is 0.0111. The second kappa shape index (κ2) is 3.64. The molecule has 0 spiro atoms. The Hall–Kier alpha value is -1.26. The highest BCUT2D eigenvalue weighted by Gasteiger charge is 2.41. The lowest BCUT2D eigenvalue weighted by molar-refractivity contribution is -0.142. The van der Waals surface area contributed by atoms with E-state index in [1.54, 1.807) is 6.92 Å². The molecule has 5 heteroatoms. The van der Waals surface area contributed by atoms with Gasteiger partial charge in [-0.05, 0) is 13.8 Å². The Kier molecular flexibility index (Phi) is 2.75. The molecule has 0 aromatic carbocycles. The predicted molar refractivity (Wildman–Crippen MR) is 46.2 cm³/mol. The molecule has 0 bridgehead atoms. The minimum atomic E-state index is -0.848. The maximum absolute atomic E-state index is 11.2. The van der Waals surface area contributed by atoms with Gasteiger partial charge in [-0.3, -0.25) is 0 Å². The van der Waals surface area contributed by atoms with Gasteiger partial charge in [0.1, 0.15) is 5.54 Å². The monoisotopic (exact) mass is 186 g/mol. The summed E-state index contributed by atoms with van der Waals surface area (Å²) < 4.78 is 4.77. The third-order valence-electron chi connectivity index (χ3n) is 2.01. The minimum Gasteiger partial charge on any atom is -0.464 e. The fraction of sp³-hybridized carbons (Fsp3) is 0.750. The summed E-state index contributed by atoms with van der Waals surface area (Å²) in [5, 5.41) is 5.14. The van der Waals surface area contributed by atoms with Gasteiger partial charge in [-0.2, -0.15) is 0 Å². The molecule has 1 atom stereocenters. The lowest BCUT2D eigenvalue weighted by Crippen LogP contribution is -2.52. The first-order valence-electron chi connectivity index (χ1n) is 4.32. The summed E-state index contributed by atoms with van der Waals surface area (Å²) in [6, 6.07) is -0.330. The number of carbonyl (C=O) groups excluding carboxylic acids is 2.